The summed E-state index contributed by atoms with van der Waals surface area (Å²) in [5.74, 6) is 0.690. The molecule has 112 valence electrons. The third-order valence-corrected chi connectivity index (χ3v) is 3.62. The van der Waals surface area contributed by atoms with Crippen molar-refractivity contribution in [1.82, 2.24) is 0 Å². The predicted octanol–water partition coefficient (Wildman–Crippen LogP) is 3.69. The fourth-order valence-electron chi connectivity index (χ4n) is 2.16. The quantitative estimate of drug-likeness (QED) is 0.856. The van der Waals surface area contributed by atoms with Gasteiger partial charge in [-0.25, -0.2) is 0 Å². The Morgan fingerprint density at radius 1 is 1.19 bits per heavy atom. The van der Waals surface area contributed by atoms with E-state index in [1.165, 1.54) is 0 Å². The minimum Gasteiger partial charge on any atom is -0.484 e. The van der Waals surface area contributed by atoms with Crippen molar-refractivity contribution in [3.63, 3.8) is 0 Å². The van der Waals surface area contributed by atoms with Crippen LogP contribution >= 0.6 is 11.6 Å². The Morgan fingerprint density at radius 2 is 1.95 bits per heavy atom. The van der Waals surface area contributed by atoms with Gasteiger partial charge >= 0.3 is 0 Å². The van der Waals surface area contributed by atoms with Crippen molar-refractivity contribution in [1.29, 1.82) is 0 Å². The summed E-state index contributed by atoms with van der Waals surface area (Å²) in [6.07, 6.45) is 0.513. The van der Waals surface area contributed by atoms with Crippen molar-refractivity contribution in [2.24, 2.45) is 5.73 Å². The molecule has 2 aromatic carbocycles. The number of ether oxygens (including phenoxy) is 1. The molecule has 0 heterocycles. The van der Waals surface area contributed by atoms with Gasteiger partial charge in [0.05, 0.1) is 6.61 Å². The van der Waals surface area contributed by atoms with E-state index in [2.05, 4.69) is 0 Å². The standard InChI is InChI=1S/C17H20ClNO2/c1-2-16(19)17(13-6-4-7-14(18)10-13)21-15-8-3-5-12(9-15)11-20/h3-10,16-17,20H,2,11,19H2,1H3. The Balaban J connectivity index is 2.28. The number of rotatable bonds is 6. The number of hydrogen-bond acceptors (Lipinski definition) is 3. The van der Waals surface area contributed by atoms with E-state index in [1.807, 2.05) is 55.5 Å². The third kappa shape index (κ3) is 4.21. The van der Waals surface area contributed by atoms with Crippen LogP contribution < -0.4 is 10.5 Å². The highest BCUT2D eigenvalue weighted by molar-refractivity contribution is 6.30. The minimum absolute atomic E-state index is 0.0150. The molecule has 3 nitrogen and oxygen atoms in total. The lowest BCUT2D eigenvalue weighted by Gasteiger charge is -2.25. The van der Waals surface area contributed by atoms with E-state index < -0.39 is 0 Å². The smallest absolute Gasteiger partial charge is 0.139 e. The zero-order valence-electron chi connectivity index (χ0n) is 12.0. The molecular formula is C17H20ClNO2. The van der Waals surface area contributed by atoms with Crippen LogP contribution in [-0.4, -0.2) is 11.1 Å². The molecule has 0 fully saturated rings. The molecule has 2 atom stereocenters. The van der Waals surface area contributed by atoms with E-state index in [0.29, 0.717) is 10.8 Å². The fraction of sp³-hybridized carbons (Fsp3) is 0.294. The van der Waals surface area contributed by atoms with Gasteiger partial charge in [0, 0.05) is 11.1 Å². The predicted molar refractivity (Wildman–Crippen MR) is 85.5 cm³/mol. The maximum absolute atomic E-state index is 9.21. The van der Waals surface area contributed by atoms with E-state index in [1.54, 1.807) is 0 Å². The molecule has 0 saturated heterocycles. The Bertz CT molecular complexity index is 589. The topological polar surface area (TPSA) is 55.5 Å². The van der Waals surface area contributed by atoms with Gasteiger partial charge in [-0.3, -0.25) is 0 Å². The molecule has 0 amide bonds. The van der Waals surface area contributed by atoms with Gasteiger partial charge in [-0.2, -0.15) is 0 Å². The zero-order valence-corrected chi connectivity index (χ0v) is 12.8. The second kappa shape index (κ2) is 7.46. The molecule has 0 bridgehead atoms. The number of hydrogen-bond donors (Lipinski definition) is 2. The molecule has 2 unspecified atom stereocenters. The second-order valence-electron chi connectivity index (χ2n) is 4.97. The molecule has 21 heavy (non-hydrogen) atoms. The second-order valence-corrected chi connectivity index (χ2v) is 5.41. The lowest BCUT2D eigenvalue weighted by molar-refractivity contribution is 0.170. The van der Waals surface area contributed by atoms with Gasteiger partial charge in [0.2, 0.25) is 0 Å². The van der Waals surface area contributed by atoms with Gasteiger partial charge in [0.1, 0.15) is 11.9 Å². The van der Waals surface area contributed by atoms with Crippen LogP contribution in [0, 0.1) is 0 Å². The molecule has 0 aromatic heterocycles. The van der Waals surface area contributed by atoms with Crippen molar-refractivity contribution in [3.8, 4) is 5.75 Å². The Morgan fingerprint density at radius 3 is 2.62 bits per heavy atom. The third-order valence-electron chi connectivity index (χ3n) is 3.38. The highest BCUT2D eigenvalue weighted by Gasteiger charge is 2.21. The maximum Gasteiger partial charge on any atom is 0.139 e. The van der Waals surface area contributed by atoms with Gasteiger partial charge in [-0.15, -0.1) is 0 Å². The van der Waals surface area contributed by atoms with Crippen LogP contribution in [0.4, 0.5) is 0 Å². The minimum atomic E-state index is -0.275. The van der Waals surface area contributed by atoms with Crippen LogP contribution in [0.5, 0.6) is 5.75 Å². The maximum atomic E-state index is 9.21. The van der Waals surface area contributed by atoms with Crippen molar-refractivity contribution < 1.29 is 9.84 Å². The lowest BCUT2D eigenvalue weighted by Crippen LogP contribution is -2.31. The summed E-state index contributed by atoms with van der Waals surface area (Å²) in [6, 6.07) is 14.8. The van der Waals surface area contributed by atoms with Crippen LogP contribution in [0.15, 0.2) is 48.5 Å². The molecule has 2 rings (SSSR count). The Labute approximate surface area is 130 Å². The summed E-state index contributed by atoms with van der Waals surface area (Å²) in [4.78, 5) is 0. The first-order valence-corrected chi connectivity index (χ1v) is 7.39. The van der Waals surface area contributed by atoms with Gasteiger partial charge in [-0.1, -0.05) is 42.8 Å². The summed E-state index contributed by atoms with van der Waals surface area (Å²) >= 11 is 6.06. The summed E-state index contributed by atoms with van der Waals surface area (Å²) in [5, 5.41) is 9.87. The largest absolute Gasteiger partial charge is 0.484 e. The zero-order chi connectivity index (χ0) is 15.2. The van der Waals surface area contributed by atoms with Crippen LogP contribution in [0.25, 0.3) is 0 Å². The van der Waals surface area contributed by atoms with Crippen LogP contribution in [-0.2, 0) is 6.61 Å². The molecular weight excluding hydrogens is 286 g/mol. The molecule has 3 N–H and O–H groups in total. The molecule has 2 aromatic rings. The van der Waals surface area contributed by atoms with Crippen molar-refractivity contribution in [2.75, 3.05) is 0 Å². The highest BCUT2D eigenvalue weighted by Crippen LogP contribution is 2.27. The lowest BCUT2D eigenvalue weighted by atomic mass is 10.0. The first-order chi connectivity index (χ1) is 10.1. The van der Waals surface area contributed by atoms with Crippen LogP contribution in [0.2, 0.25) is 5.02 Å². The van der Waals surface area contributed by atoms with Gasteiger partial charge < -0.3 is 15.6 Å². The summed E-state index contributed by atoms with van der Waals surface area (Å²) in [5.41, 5.74) is 7.96. The number of aliphatic hydroxyl groups is 1. The molecule has 0 radical (unpaired) electrons. The van der Waals surface area contributed by atoms with Crippen molar-refractivity contribution >= 4 is 11.6 Å². The summed E-state index contributed by atoms with van der Waals surface area (Å²) < 4.78 is 6.06. The number of halogens is 1. The first kappa shape index (κ1) is 15.8. The first-order valence-electron chi connectivity index (χ1n) is 7.01. The molecule has 0 aliphatic carbocycles. The van der Waals surface area contributed by atoms with Gasteiger partial charge in [-0.05, 0) is 41.8 Å². The molecule has 0 aliphatic rings. The number of benzene rings is 2. The van der Waals surface area contributed by atoms with Crippen LogP contribution in [0.1, 0.15) is 30.6 Å². The summed E-state index contributed by atoms with van der Waals surface area (Å²) in [7, 11) is 0. The Hall–Kier alpha value is -1.55. The average Bonchev–Trinajstić information content (AvgIpc) is 2.52. The van der Waals surface area contributed by atoms with E-state index in [-0.39, 0.29) is 18.8 Å². The van der Waals surface area contributed by atoms with Crippen molar-refractivity contribution in [2.45, 2.75) is 32.1 Å². The number of nitrogens with two attached hydrogens (primary N) is 1. The summed E-state index contributed by atoms with van der Waals surface area (Å²) in [6.45, 7) is 2.01. The van der Waals surface area contributed by atoms with Gasteiger partial charge in [0.25, 0.3) is 0 Å². The van der Waals surface area contributed by atoms with Gasteiger partial charge in [0.15, 0.2) is 0 Å². The van der Waals surface area contributed by atoms with E-state index in [0.717, 1.165) is 17.5 Å². The fourth-order valence-corrected chi connectivity index (χ4v) is 2.36. The normalized spacial score (nSPS) is 13.7. The van der Waals surface area contributed by atoms with Crippen molar-refractivity contribution in [3.05, 3.63) is 64.7 Å². The van der Waals surface area contributed by atoms with E-state index in [9.17, 15) is 5.11 Å². The molecule has 0 aliphatic heterocycles. The molecule has 4 heteroatoms. The van der Waals surface area contributed by atoms with Crippen LogP contribution in [0.3, 0.4) is 0 Å². The monoisotopic (exact) mass is 305 g/mol. The van der Waals surface area contributed by atoms with E-state index in [4.69, 9.17) is 22.1 Å². The molecule has 0 spiro atoms. The highest BCUT2D eigenvalue weighted by atomic mass is 35.5. The average molecular weight is 306 g/mol. The van der Waals surface area contributed by atoms with E-state index >= 15 is 0 Å². The number of aliphatic hydroxyl groups excluding tert-OH is 1. The SMILES string of the molecule is CCC(N)C(Oc1cccc(CO)c1)c1cccc(Cl)c1. The Kier molecular flexibility index (Phi) is 5.62. The molecule has 0 saturated carbocycles.